The quantitative estimate of drug-likeness (QED) is 0.567. The number of nitrogens with zero attached hydrogens (tertiary/aromatic N) is 3. The molecule has 0 aliphatic carbocycles. The minimum Gasteiger partial charge on any atom is -0.492 e. The van der Waals surface area contributed by atoms with Gasteiger partial charge in [-0.2, -0.15) is 0 Å². The monoisotopic (exact) mass is 477 g/mol. The van der Waals surface area contributed by atoms with Crippen LogP contribution in [-0.2, 0) is 29.0 Å². The Hall–Kier alpha value is -2.41. The van der Waals surface area contributed by atoms with Crippen molar-refractivity contribution < 1.29 is 14.3 Å². The molecule has 35 heavy (non-hydrogen) atoms. The normalized spacial score (nSPS) is 22.4. The number of ether oxygens (including phenoxy) is 2. The first-order valence-corrected chi connectivity index (χ1v) is 13.3. The molecule has 3 heterocycles. The van der Waals surface area contributed by atoms with Gasteiger partial charge >= 0.3 is 5.97 Å². The maximum atomic E-state index is 12.2. The molecule has 1 atom stereocenters. The first kappa shape index (κ1) is 24.3. The van der Waals surface area contributed by atoms with E-state index in [0.29, 0.717) is 6.04 Å². The molecule has 2 aromatic rings. The van der Waals surface area contributed by atoms with E-state index in [-0.39, 0.29) is 12.0 Å². The lowest BCUT2D eigenvalue weighted by Crippen LogP contribution is -2.45. The third-order valence-corrected chi connectivity index (χ3v) is 7.99. The third kappa shape index (κ3) is 6.05. The number of hydrogen-bond donors (Lipinski definition) is 0. The summed E-state index contributed by atoms with van der Waals surface area (Å²) < 4.78 is 11.2. The number of hydrogen-bond acceptors (Lipinski definition) is 6. The van der Waals surface area contributed by atoms with Gasteiger partial charge in [0.15, 0.2) is 0 Å². The first-order valence-electron chi connectivity index (χ1n) is 13.3. The van der Waals surface area contributed by atoms with Crippen molar-refractivity contribution >= 4 is 5.97 Å². The lowest BCUT2D eigenvalue weighted by atomic mass is 10.0. The molecule has 0 aromatic heterocycles. The molecule has 0 unspecified atom stereocenters. The molecule has 0 saturated carbocycles. The van der Waals surface area contributed by atoms with Gasteiger partial charge in [0.2, 0.25) is 0 Å². The molecule has 0 N–H and O–H groups in total. The summed E-state index contributed by atoms with van der Waals surface area (Å²) in [6, 6.07) is 17.9. The van der Waals surface area contributed by atoms with E-state index in [0.717, 1.165) is 64.3 Å². The van der Waals surface area contributed by atoms with Gasteiger partial charge in [-0.15, -0.1) is 0 Å². The van der Waals surface area contributed by atoms with E-state index in [9.17, 15) is 4.79 Å². The zero-order valence-electron chi connectivity index (χ0n) is 21.0. The number of piperidine rings is 1. The van der Waals surface area contributed by atoms with E-state index in [1.54, 1.807) is 0 Å². The molecule has 0 bridgehead atoms. The van der Waals surface area contributed by atoms with Crippen molar-refractivity contribution in [3.05, 3.63) is 65.2 Å². The Labute approximate surface area is 209 Å². The van der Waals surface area contributed by atoms with Crippen molar-refractivity contribution in [3.63, 3.8) is 0 Å². The van der Waals surface area contributed by atoms with E-state index in [1.165, 1.54) is 49.7 Å². The van der Waals surface area contributed by atoms with E-state index in [2.05, 4.69) is 63.2 Å². The van der Waals surface area contributed by atoms with Gasteiger partial charge in [0.05, 0.1) is 7.11 Å². The van der Waals surface area contributed by atoms with Crippen LogP contribution in [0.2, 0.25) is 0 Å². The highest BCUT2D eigenvalue weighted by Crippen LogP contribution is 2.29. The van der Waals surface area contributed by atoms with Gasteiger partial charge in [0.1, 0.15) is 18.4 Å². The van der Waals surface area contributed by atoms with E-state index < -0.39 is 0 Å². The summed E-state index contributed by atoms with van der Waals surface area (Å²) in [7, 11) is 1.49. The minimum atomic E-state index is -0.112. The smallest absolute Gasteiger partial charge is 0.323 e. The van der Waals surface area contributed by atoms with Gasteiger partial charge in [-0.1, -0.05) is 36.4 Å². The molecule has 0 amide bonds. The molecule has 0 radical (unpaired) electrons. The largest absolute Gasteiger partial charge is 0.492 e. The molecule has 3 aliphatic rings. The van der Waals surface area contributed by atoms with Crippen LogP contribution in [0.15, 0.2) is 48.5 Å². The Balaban J connectivity index is 1.17. The second kappa shape index (κ2) is 11.5. The second-order valence-electron chi connectivity index (χ2n) is 10.2. The maximum absolute atomic E-state index is 12.2. The predicted octanol–water partition coefficient (Wildman–Crippen LogP) is 3.73. The van der Waals surface area contributed by atoms with Crippen LogP contribution in [0.4, 0.5) is 0 Å². The highest BCUT2D eigenvalue weighted by atomic mass is 16.5. The van der Waals surface area contributed by atoms with Crippen LogP contribution in [0.1, 0.15) is 42.4 Å². The zero-order chi connectivity index (χ0) is 24.0. The van der Waals surface area contributed by atoms with Crippen LogP contribution in [0.5, 0.6) is 5.75 Å². The average Bonchev–Trinajstić information content (AvgIpc) is 3.25. The first-order chi connectivity index (χ1) is 17.2. The Morgan fingerprint density at radius 1 is 1.00 bits per heavy atom. The van der Waals surface area contributed by atoms with Crippen molar-refractivity contribution in [2.75, 3.05) is 46.4 Å². The number of benzene rings is 2. The van der Waals surface area contributed by atoms with Crippen LogP contribution in [0, 0.1) is 0 Å². The molecule has 6 nitrogen and oxygen atoms in total. The minimum absolute atomic E-state index is 0.109. The van der Waals surface area contributed by atoms with Gasteiger partial charge in [-0.05, 0) is 75.0 Å². The van der Waals surface area contributed by atoms with Crippen molar-refractivity contribution in [2.45, 2.75) is 57.3 Å². The number of esters is 1. The molecule has 188 valence electrons. The summed E-state index contributed by atoms with van der Waals surface area (Å²) in [6.45, 7) is 7.90. The van der Waals surface area contributed by atoms with Crippen molar-refractivity contribution in [3.8, 4) is 5.75 Å². The number of fused-ring (bicyclic) bond motifs is 1. The number of carbonyl (C=O) groups is 1. The fraction of sp³-hybridized carbons (Fsp3) is 0.552. The summed E-state index contributed by atoms with van der Waals surface area (Å²) in [5.41, 5.74) is 3.96. The molecular weight excluding hydrogens is 438 g/mol. The van der Waals surface area contributed by atoms with Crippen molar-refractivity contribution in [1.29, 1.82) is 0 Å². The van der Waals surface area contributed by atoms with Crippen molar-refractivity contribution in [1.82, 2.24) is 14.7 Å². The van der Waals surface area contributed by atoms with Gasteiger partial charge in [-0.25, -0.2) is 0 Å². The second-order valence-corrected chi connectivity index (χ2v) is 10.2. The Bertz CT molecular complexity index is 974. The third-order valence-electron chi connectivity index (χ3n) is 7.99. The fourth-order valence-electron chi connectivity index (χ4n) is 5.97. The number of carbonyl (C=O) groups excluding carboxylic acids is 1. The van der Waals surface area contributed by atoms with Crippen LogP contribution in [-0.4, -0.2) is 79.2 Å². The standard InChI is InChI=1S/C29H39N3O3/c1-34-29(33)27-8-5-14-32(27)21-24-9-10-28-25(20-24)22-31(18-19-35-28)26-12-16-30(17-13-26)15-11-23-6-3-2-4-7-23/h2-4,6-7,9-10,20,26-27H,5,8,11-19,21-22H2,1H3/t27-/m0/s1. The maximum Gasteiger partial charge on any atom is 0.323 e. The topological polar surface area (TPSA) is 45.2 Å². The van der Waals surface area contributed by atoms with Crippen LogP contribution >= 0.6 is 0 Å². The number of likely N-dealkylation sites (tertiary alicyclic amines) is 2. The predicted molar refractivity (Wildman–Crippen MR) is 137 cm³/mol. The average molecular weight is 478 g/mol. The molecule has 2 fully saturated rings. The fourth-order valence-corrected chi connectivity index (χ4v) is 5.97. The molecule has 2 aromatic carbocycles. The van der Waals surface area contributed by atoms with E-state index >= 15 is 0 Å². The number of rotatable bonds is 7. The van der Waals surface area contributed by atoms with Crippen molar-refractivity contribution in [2.24, 2.45) is 0 Å². The molecule has 0 spiro atoms. The summed E-state index contributed by atoms with van der Waals surface area (Å²) >= 11 is 0. The van der Waals surface area contributed by atoms with Gasteiger partial charge in [0, 0.05) is 37.8 Å². The molecule has 6 heteroatoms. The summed E-state index contributed by atoms with van der Waals surface area (Å²) in [5.74, 6) is 0.907. The lowest BCUT2D eigenvalue weighted by molar-refractivity contribution is -0.146. The van der Waals surface area contributed by atoms with Crippen LogP contribution < -0.4 is 4.74 Å². The Morgan fingerprint density at radius 3 is 2.63 bits per heavy atom. The van der Waals surface area contributed by atoms with Gasteiger partial charge < -0.3 is 14.4 Å². The summed E-state index contributed by atoms with van der Waals surface area (Å²) in [5, 5.41) is 0. The number of methoxy groups -OCH3 is 1. The lowest BCUT2D eigenvalue weighted by Gasteiger charge is -2.38. The molecule has 3 aliphatic heterocycles. The Kier molecular flexibility index (Phi) is 8.02. The highest BCUT2D eigenvalue weighted by molar-refractivity contribution is 5.76. The highest BCUT2D eigenvalue weighted by Gasteiger charge is 2.32. The van der Waals surface area contributed by atoms with Gasteiger partial charge in [-0.3, -0.25) is 14.6 Å². The van der Waals surface area contributed by atoms with E-state index in [4.69, 9.17) is 9.47 Å². The summed E-state index contributed by atoms with van der Waals surface area (Å²) in [4.78, 5) is 19.7. The summed E-state index contributed by atoms with van der Waals surface area (Å²) in [6.07, 6.45) is 5.51. The SMILES string of the molecule is COC(=O)[C@@H]1CCCN1Cc1ccc2c(c1)CN(C1CCN(CCc3ccccc3)CC1)CCO2. The van der Waals surface area contributed by atoms with Crippen LogP contribution in [0.3, 0.4) is 0 Å². The van der Waals surface area contributed by atoms with E-state index in [1.807, 2.05) is 0 Å². The van der Waals surface area contributed by atoms with Crippen LogP contribution in [0.25, 0.3) is 0 Å². The Morgan fingerprint density at radius 2 is 1.83 bits per heavy atom. The molecule has 5 rings (SSSR count). The zero-order valence-corrected chi connectivity index (χ0v) is 21.0. The molecular formula is C29H39N3O3. The molecule has 2 saturated heterocycles. The van der Waals surface area contributed by atoms with Gasteiger partial charge in [0.25, 0.3) is 0 Å².